The number of rotatable bonds is 5. The van der Waals surface area contributed by atoms with Gasteiger partial charge in [0.05, 0.1) is 5.69 Å². The monoisotopic (exact) mass is 213 g/mol. The van der Waals surface area contributed by atoms with Crippen LogP contribution in [0.5, 0.6) is 0 Å². The second kappa shape index (κ2) is 4.90. The Morgan fingerprint density at radius 2 is 2.33 bits per heavy atom. The Hall–Kier alpha value is -1.40. The summed E-state index contributed by atoms with van der Waals surface area (Å²) in [4.78, 5) is 10.4. The maximum atomic E-state index is 10.4. The smallest absolute Gasteiger partial charge is 0.321 e. The number of hydrogen-bond donors (Lipinski definition) is 3. The van der Waals surface area contributed by atoms with E-state index in [1.165, 1.54) is 0 Å². The van der Waals surface area contributed by atoms with E-state index in [2.05, 4.69) is 10.5 Å². The lowest BCUT2D eigenvalue weighted by atomic mass is 10.2. The fraction of sp³-hybridized carbons (Fsp3) is 0.556. The highest BCUT2D eigenvalue weighted by molar-refractivity contribution is 5.73. The van der Waals surface area contributed by atoms with E-state index in [0.29, 0.717) is 6.54 Å². The maximum Gasteiger partial charge on any atom is 0.321 e. The molecule has 0 bridgehead atoms. The summed E-state index contributed by atoms with van der Waals surface area (Å²) in [5.74, 6) is -0.273. The van der Waals surface area contributed by atoms with Crippen molar-refractivity contribution in [3.05, 3.63) is 17.0 Å². The summed E-state index contributed by atoms with van der Waals surface area (Å²) in [6.45, 7) is 4.39. The van der Waals surface area contributed by atoms with Crippen molar-refractivity contribution in [3.63, 3.8) is 0 Å². The van der Waals surface area contributed by atoms with Crippen LogP contribution < -0.4 is 11.1 Å². The van der Waals surface area contributed by atoms with Gasteiger partial charge < -0.3 is 20.7 Å². The summed E-state index contributed by atoms with van der Waals surface area (Å²) in [7, 11) is 0. The van der Waals surface area contributed by atoms with Crippen LogP contribution >= 0.6 is 0 Å². The van der Waals surface area contributed by atoms with Crippen molar-refractivity contribution in [1.29, 1.82) is 0 Å². The predicted molar refractivity (Wildman–Crippen MR) is 53.3 cm³/mol. The number of carboxylic acids is 1. The molecular formula is C9H15N3O3. The van der Waals surface area contributed by atoms with E-state index in [1.807, 2.05) is 13.8 Å². The molecule has 1 aromatic rings. The van der Waals surface area contributed by atoms with Crippen LogP contribution in [0.3, 0.4) is 0 Å². The molecule has 0 aliphatic heterocycles. The van der Waals surface area contributed by atoms with Gasteiger partial charge in [-0.1, -0.05) is 5.16 Å². The summed E-state index contributed by atoms with van der Waals surface area (Å²) in [6.07, 6.45) is 0. The minimum absolute atomic E-state index is 0.222. The summed E-state index contributed by atoms with van der Waals surface area (Å²) in [6, 6.07) is -0.884. The quantitative estimate of drug-likeness (QED) is 0.625. The van der Waals surface area contributed by atoms with E-state index in [9.17, 15) is 4.79 Å². The van der Waals surface area contributed by atoms with Crippen LogP contribution in [0.4, 0.5) is 0 Å². The molecule has 15 heavy (non-hydrogen) atoms. The summed E-state index contributed by atoms with van der Waals surface area (Å²) in [5, 5.41) is 15.3. The van der Waals surface area contributed by atoms with Gasteiger partial charge in [0.1, 0.15) is 11.8 Å². The average Bonchev–Trinajstić information content (AvgIpc) is 2.48. The van der Waals surface area contributed by atoms with Crippen molar-refractivity contribution in [2.24, 2.45) is 5.73 Å². The summed E-state index contributed by atoms with van der Waals surface area (Å²) in [5.41, 5.74) is 7.09. The SMILES string of the molecule is Cc1noc(C)c1CNCC(N)C(=O)O. The van der Waals surface area contributed by atoms with Gasteiger partial charge in [0.25, 0.3) is 0 Å². The van der Waals surface area contributed by atoms with Gasteiger partial charge in [-0.2, -0.15) is 0 Å². The standard InChI is InChI=1S/C9H15N3O3/c1-5-7(6(2)15-12-5)3-11-4-8(10)9(13)14/h8,11H,3-4,10H2,1-2H3,(H,13,14). The number of nitrogens with one attached hydrogen (secondary N) is 1. The minimum atomic E-state index is -1.01. The van der Waals surface area contributed by atoms with Gasteiger partial charge in [-0.15, -0.1) is 0 Å². The van der Waals surface area contributed by atoms with Gasteiger partial charge in [0, 0.05) is 18.7 Å². The predicted octanol–water partition coefficient (Wildman–Crippen LogP) is -0.207. The van der Waals surface area contributed by atoms with Gasteiger partial charge >= 0.3 is 5.97 Å². The summed E-state index contributed by atoms with van der Waals surface area (Å²) >= 11 is 0. The number of hydrogen-bond acceptors (Lipinski definition) is 5. The third kappa shape index (κ3) is 3.03. The third-order valence-electron chi connectivity index (χ3n) is 2.16. The van der Waals surface area contributed by atoms with Crippen LogP contribution in [0, 0.1) is 13.8 Å². The van der Waals surface area contributed by atoms with Gasteiger partial charge in [-0.05, 0) is 13.8 Å². The Morgan fingerprint density at radius 1 is 1.67 bits per heavy atom. The molecule has 6 nitrogen and oxygen atoms in total. The van der Waals surface area contributed by atoms with Crippen LogP contribution in [0.2, 0.25) is 0 Å². The van der Waals surface area contributed by atoms with Crippen LogP contribution in [-0.2, 0) is 11.3 Å². The first kappa shape index (κ1) is 11.7. The first-order valence-corrected chi connectivity index (χ1v) is 4.63. The molecule has 0 saturated heterocycles. The molecule has 1 aromatic heterocycles. The fourth-order valence-electron chi connectivity index (χ4n) is 1.19. The molecule has 6 heteroatoms. The van der Waals surface area contributed by atoms with Crippen molar-refractivity contribution in [3.8, 4) is 0 Å². The second-order valence-electron chi connectivity index (χ2n) is 3.38. The van der Waals surface area contributed by atoms with Crippen molar-refractivity contribution in [2.45, 2.75) is 26.4 Å². The first-order chi connectivity index (χ1) is 7.02. The number of nitrogens with two attached hydrogens (primary N) is 1. The number of carboxylic acid groups (broad SMARTS) is 1. The van der Waals surface area contributed by atoms with Crippen LogP contribution in [-0.4, -0.2) is 28.8 Å². The molecule has 84 valence electrons. The number of carbonyl (C=O) groups is 1. The Labute approximate surface area is 87.4 Å². The molecule has 0 radical (unpaired) electrons. The largest absolute Gasteiger partial charge is 0.480 e. The molecule has 0 aliphatic rings. The lowest BCUT2D eigenvalue weighted by Crippen LogP contribution is -2.40. The molecule has 0 aliphatic carbocycles. The number of aromatic nitrogens is 1. The Morgan fingerprint density at radius 3 is 2.80 bits per heavy atom. The number of nitrogens with zero attached hydrogens (tertiary/aromatic N) is 1. The Balaban J connectivity index is 2.41. The highest BCUT2D eigenvalue weighted by atomic mass is 16.5. The number of aryl methyl sites for hydroxylation is 2. The van der Waals surface area contributed by atoms with E-state index >= 15 is 0 Å². The molecule has 1 atom stereocenters. The van der Waals surface area contributed by atoms with Crippen molar-refractivity contribution in [1.82, 2.24) is 10.5 Å². The molecule has 0 spiro atoms. The molecule has 1 heterocycles. The fourth-order valence-corrected chi connectivity index (χ4v) is 1.19. The maximum absolute atomic E-state index is 10.4. The third-order valence-corrected chi connectivity index (χ3v) is 2.16. The van der Waals surface area contributed by atoms with E-state index in [4.69, 9.17) is 15.4 Å². The van der Waals surface area contributed by atoms with Crippen LogP contribution in [0.25, 0.3) is 0 Å². The van der Waals surface area contributed by atoms with Gasteiger partial charge in [-0.3, -0.25) is 4.79 Å². The Kier molecular flexibility index (Phi) is 3.81. The highest BCUT2D eigenvalue weighted by Crippen LogP contribution is 2.11. The lowest BCUT2D eigenvalue weighted by molar-refractivity contribution is -0.138. The molecule has 0 amide bonds. The zero-order valence-corrected chi connectivity index (χ0v) is 8.78. The normalized spacial score (nSPS) is 12.7. The van der Waals surface area contributed by atoms with Crippen LogP contribution in [0.15, 0.2) is 4.52 Å². The Bertz CT molecular complexity index is 329. The zero-order chi connectivity index (χ0) is 11.4. The van der Waals surface area contributed by atoms with Crippen LogP contribution in [0.1, 0.15) is 17.0 Å². The van der Waals surface area contributed by atoms with E-state index < -0.39 is 12.0 Å². The molecule has 1 unspecified atom stereocenters. The molecule has 0 aromatic carbocycles. The molecule has 1 rings (SSSR count). The van der Waals surface area contributed by atoms with E-state index in [1.54, 1.807) is 0 Å². The minimum Gasteiger partial charge on any atom is -0.480 e. The van der Waals surface area contributed by atoms with Gasteiger partial charge in [0.2, 0.25) is 0 Å². The zero-order valence-electron chi connectivity index (χ0n) is 8.78. The van der Waals surface area contributed by atoms with E-state index in [-0.39, 0.29) is 6.54 Å². The summed E-state index contributed by atoms with van der Waals surface area (Å²) < 4.78 is 4.96. The highest BCUT2D eigenvalue weighted by Gasteiger charge is 2.12. The molecule has 0 fully saturated rings. The average molecular weight is 213 g/mol. The molecular weight excluding hydrogens is 198 g/mol. The topological polar surface area (TPSA) is 101 Å². The van der Waals surface area contributed by atoms with Crippen molar-refractivity contribution in [2.75, 3.05) is 6.54 Å². The van der Waals surface area contributed by atoms with Crippen molar-refractivity contribution < 1.29 is 14.4 Å². The van der Waals surface area contributed by atoms with Gasteiger partial charge in [0.15, 0.2) is 0 Å². The number of aliphatic carboxylic acids is 1. The van der Waals surface area contributed by atoms with E-state index in [0.717, 1.165) is 17.0 Å². The second-order valence-corrected chi connectivity index (χ2v) is 3.38. The lowest BCUT2D eigenvalue weighted by Gasteiger charge is -2.07. The van der Waals surface area contributed by atoms with Gasteiger partial charge in [-0.25, -0.2) is 0 Å². The van der Waals surface area contributed by atoms with Crippen molar-refractivity contribution >= 4 is 5.97 Å². The molecule has 4 N–H and O–H groups in total. The molecule has 0 saturated carbocycles. The first-order valence-electron chi connectivity index (χ1n) is 4.63.